The van der Waals surface area contributed by atoms with Gasteiger partial charge in [-0.05, 0) is 62.5 Å². The molecule has 4 bridgehead atoms. The van der Waals surface area contributed by atoms with E-state index in [1.807, 2.05) is 0 Å². The van der Waals surface area contributed by atoms with Crippen molar-refractivity contribution in [2.45, 2.75) is 77.4 Å². The van der Waals surface area contributed by atoms with E-state index in [-0.39, 0.29) is 5.54 Å². The Labute approximate surface area is 129 Å². The first-order chi connectivity index (χ1) is 10.0. The molecule has 0 aromatic carbocycles. The van der Waals surface area contributed by atoms with Crippen LogP contribution in [0.1, 0.15) is 59.8 Å². The van der Waals surface area contributed by atoms with Gasteiger partial charge in [-0.15, -0.1) is 0 Å². The fourth-order valence-corrected chi connectivity index (χ4v) is 5.47. The van der Waals surface area contributed by atoms with Gasteiger partial charge in [0.25, 0.3) is 0 Å². The molecule has 0 spiro atoms. The van der Waals surface area contributed by atoms with Crippen LogP contribution in [0.4, 0.5) is 0 Å². The molecule has 0 aromatic heterocycles. The van der Waals surface area contributed by atoms with E-state index in [2.05, 4.69) is 44.4 Å². The number of fused-ring (bicyclic) bond motifs is 2. The Kier molecular flexibility index (Phi) is 3.05. The summed E-state index contributed by atoms with van der Waals surface area (Å²) < 4.78 is 0. The minimum atomic E-state index is 0.242. The second-order valence-electron chi connectivity index (χ2n) is 8.24. The summed E-state index contributed by atoms with van der Waals surface area (Å²) in [5.74, 6) is 2.20. The lowest BCUT2D eigenvalue weighted by molar-refractivity contribution is 0.139. The molecule has 0 amide bonds. The molecule has 4 rings (SSSR count). The van der Waals surface area contributed by atoms with Crippen LogP contribution in [0, 0.1) is 17.8 Å². The van der Waals surface area contributed by atoms with Gasteiger partial charge in [-0.2, -0.15) is 0 Å². The molecule has 1 saturated carbocycles. The molecule has 116 valence electrons. The van der Waals surface area contributed by atoms with Crippen LogP contribution in [0.2, 0.25) is 0 Å². The highest BCUT2D eigenvalue weighted by atomic mass is 15.1. The first-order valence-electron chi connectivity index (χ1n) is 8.98. The van der Waals surface area contributed by atoms with Crippen molar-refractivity contribution in [2.75, 3.05) is 0 Å². The van der Waals surface area contributed by atoms with E-state index in [0.717, 1.165) is 11.8 Å². The standard InChI is InChI=1S/C19H30N2/c1-5-15-7-6-13-9-17-16-8-14(13)10-19(4,21-15)12(3)18(20-17)11(16)2/h9,11-12,15-16,18,20-21H,5-8,10H2,1-4H3. The van der Waals surface area contributed by atoms with Crippen LogP contribution in [0.5, 0.6) is 0 Å². The van der Waals surface area contributed by atoms with E-state index in [1.165, 1.54) is 32.1 Å². The Morgan fingerprint density at radius 2 is 2.14 bits per heavy atom. The van der Waals surface area contributed by atoms with Gasteiger partial charge in [-0.25, -0.2) is 0 Å². The van der Waals surface area contributed by atoms with Crippen LogP contribution in [-0.4, -0.2) is 17.6 Å². The maximum absolute atomic E-state index is 4.08. The molecular formula is C19H30N2. The molecule has 2 N–H and O–H groups in total. The van der Waals surface area contributed by atoms with Crippen LogP contribution >= 0.6 is 0 Å². The van der Waals surface area contributed by atoms with Crippen LogP contribution in [0.3, 0.4) is 0 Å². The molecule has 21 heavy (non-hydrogen) atoms. The van der Waals surface area contributed by atoms with Crippen molar-refractivity contribution in [1.82, 2.24) is 10.6 Å². The Balaban J connectivity index is 1.84. The summed E-state index contributed by atoms with van der Waals surface area (Å²) in [5, 5.41) is 8.00. The summed E-state index contributed by atoms with van der Waals surface area (Å²) in [6.07, 6.45) is 8.92. The Morgan fingerprint density at radius 1 is 1.33 bits per heavy atom. The van der Waals surface area contributed by atoms with Crippen LogP contribution in [-0.2, 0) is 0 Å². The summed E-state index contributed by atoms with van der Waals surface area (Å²) in [5.41, 5.74) is 5.22. The molecule has 6 unspecified atom stereocenters. The van der Waals surface area contributed by atoms with E-state index < -0.39 is 0 Å². The minimum Gasteiger partial charge on any atom is -0.385 e. The zero-order valence-corrected chi connectivity index (χ0v) is 14.0. The lowest BCUT2D eigenvalue weighted by Crippen LogP contribution is -2.58. The van der Waals surface area contributed by atoms with E-state index >= 15 is 0 Å². The largest absolute Gasteiger partial charge is 0.385 e. The predicted octanol–water partition coefficient (Wildman–Crippen LogP) is 3.76. The van der Waals surface area contributed by atoms with Gasteiger partial charge < -0.3 is 10.6 Å². The summed E-state index contributed by atoms with van der Waals surface area (Å²) >= 11 is 0. The number of nitrogens with one attached hydrogen (secondary N) is 2. The van der Waals surface area contributed by atoms with Crippen LogP contribution < -0.4 is 10.6 Å². The first kappa shape index (κ1) is 13.9. The van der Waals surface area contributed by atoms with Crippen molar-refractivity contribution < 1.29 is 0 Å². The molecule has 2 aliphatic carbocycles. The molecule has 2 aliphatic heterocycles. The van der Waals surface area contributed by atoms with E-state index in [0.29, 0.717) is 18.0 Å². The average molecular weight is 286 g/mol. The molecule has 1 saturated heterocycles. The number of allylic oxidation sites excluding steroid dienone is 3. The normalized spacial score (nSPS) is 48.4. The van der Waals surface area contributed by atoms with Gasteiger partial charge in [0.1, 0.15) is 0 Å². The molecular weight excluding hydrogens is 256 g/mol. The topological polar surface area (TPSA) is 24.1 Å². The second kappa shape index (κ2) is 4.62. The quantitative estimate of drug-likeness (QED) is 0.767. The predicted molar refractivity (Wildman–Crippen MR) is 87.9 cm³/mol. The van der Waals surface area contributed by atoms with Crippen LogP contribution in [0.15, 0.2) is 22.9 Å². The molecule has 6 atom stereocenters. The Hall–Kier alpha value is -0.760. The second-order valence-corrected chi connectivity index (χ2v) is 8.24. The Bertz CT molecular complexity index is 518. The molecule has 2 fully saturated rings. The van der Waals surface area contributed by atoms with Crippen molar-refractivity contribution >= 4 is 0 Å². The number of hydrogen-bond acceptors (Lipinski definition) is 2. The van der Waals surface area contributed by atoms with E-state index in [9.17, 15) is 0 Å². The highest BCUT2D eigenvalue weighted by molar-refractivity contribution is 5.40. The lowest BCUT2D eigenvalue weighted by Gasteiger charge is -2.47. The summed E-state index contributed by atoms with van der Waals surface area (Å²) in [4.78, 5) is 0. The average Bonchev–Trinajstić information content (AvgIpc) is 2.78. The molecule has 2 heteroatoms. The van der Waals surface area contributed by atoms with Gasteiger partial charge in [-0.3, -0.25) is 0 Å². The number of hydrogen-bond donors (Lipinski definition) is 2. The molecule has 2 heterocycles. The summed E-state index contributed by atoms with van der Waals surface area (Å²) in [6.45, 7) is 9.77. The van der Waals surface area contributed by atoms with E-state index in [1.54, 1.807) is 16.8 Å². The molecule has 0 aromatic rings. The highest BCUT2D eigenvalue weighted by Crippen LogP contribution is 2.50. The van der Waals surface area contributed by atoms with Gasteiger partial charge in [0.05, 0.1) is 0 Å². The maximum atomic E-state index is 4.08. The van der Waals surface area contributed by atoms with Crippen molar-refractivity contribution in [3.05, 3.63) is 22.9 Å². The van der Waals surface area contributed by atoms with Crippen molar-refractivity contribution in [3.8, 4) is 0 Å². The van der Waals surface area contributed by atoms with Gasteiger partial charge in [0.2, 0.25) is 0 Å². The molecule has 4 aliphatic rings. The summed E-state index contributed by atoms with van der Waals surface area (Å²) in [6, 6.07) is 1.31. The molecule has 2 nitrogen and oxygen atoms in total. The first-order valence-corrected chi connectivity index (χ1v) is 8.98. The fourth-order valence-electron chi connectivity index (χ4n) is 5.47. The lowest BCUT2D eigenvalue weighted by atomic mass is 9.65. The van der Waals surface area contributed by atoms with E-state index in [4.69, 9.17) is 0 Å². The SMILES string of the molecule is CCC1CCC2=C3CC4C(=C2)NC(C4C)C(C)C(C)(C3)N1. The van der Waals surface area contributed by atoms with Crippen molar-refractivity contribution in [1.29, 1.82) is 0 Å². The molecule has 0 radical (unpaired) electrons. The third-order valence-corrected chi connectivity index (χ3v) is 7.10. The number of rotatable bonds is 1. The maximum Gasteiger partial charge on any atom is 0.0333 e. The van der Waals surface area contributed by atoms with Gasteiger partial charge in [-0.1, -0.05) is 26.3 Å². The third-order valence-electron chi connectivity index (χ3n) is 7.10. The third kappa shape index (κ3) is 1.94. The monoisotopic (exact) mass is 286 g/mol. The zero-order valence-electron chi connectivity index (χ0n) is 14.0. The minimum absolute atomic E-state index is 0.242. The van der Waals surface area contributed by atoms with Crippen molar-refractivity contribution in [3.63, 3.8) is 0 Å². The van der Waals surface area contributed by atoms with Gasteiger partial charge in [0, 0.05) is 29.2 Å². The Morgan fingerprint density at radius 3 is 2.90 bits per heavy atom. The highest BCUT2D eigenvalue weighted by Gasteiger charge is 2.50. The van der Waals surface area contributed by atoms with Crippen LogP contribution in [0.25, 0.3) is 0 Å². The fraction of sp³-hybridized carbons (Fsp3) is 0.789. The zero-order chi connectivity index (χ0) is 14.8. The van der Waals surface area contributed by atoms with Crippen molar-refractivity contribution in [2.24, 2.45) is 17.8 Å². The van der Waals surface area contributed by atoms with Gasteiger partial charge >= 0.3 is 0 Å². The smallest absolute Gasteiger partial charge is 0.0333 e. The summed E-state index contributed by atoms with van der Waals surface area (Å²) in [7, 11) is 0. The van der Waals surface area contributed by atoms with Gasteiger partial charge in [0.15, 0.2) is 0 Å².